The van der Waals surface area contributed by atoms with Gasteiger partial charge in [0.15, 0.2) is 0 Å². The van der Waals surface area contributed by atoms with Crippen LogP contribution in [0.2, 0.25) is 0 Å². The Hall–Kier alpha value is -0.790. The molecule has 1 unspecified atom stereocenters. The fourth-order valence-corrected chi connectivity index (χ4v) is 2.87. The van der Waals surface area contributed by atoms with Gasteiger partial charge in [-0.05, 0) is 32.1 Å². The Bertz CT molecular complexity index is 337. The van der Waals surface area contributed by atoms with Crippen LogP contribution in [0, 0.1) is 6.92 Å². The predicted molar refractivity (Wildman–Crippen MR) is 65.8 cm³/mol. The zero-order chi connectivity index (χ0) is 11.5. The Kier molecular flexibility index (Phi) is 3.67. The molecule has 1 saturated carbocycles. The molecule has 1 fully saturated rings. The van der Waals surface area contributed by atoms with E-state index < -0.39 is 0 Å². The van der Waals surface area contributed by atoms with Gasteiger partial charge in [0.1, 0.15) is 5.76 Å². The van der Waals surface area contributed by atoms with Crippen molar-refractivity contribution in [3.05, 3.63) is 17.0 Å². The molecule has 1 heterocycles. The smallest absolute Gasteiger partial charge is 0.137 e. The zero-order valence-corrected chi connectivity index (χ0v) is 10.8. The molecule has 0 aromatic carbocycles. The third-order valence-electron chi connectivity index (χ3n) is 4.03. The topological polar surface area (TPSA) is 26.0 Å². The van der Waals surface area contributed by atoms with Crippen molar-refractivity contribution in [3.8, 4) is 0 Å². The Morgan fingerprint density at radius 3 is 2.62 bits per heavy atom. The van der Waals surface area contributed by atoms with Crippen LogP contribution in [0.25, 0.3) is 0 Å². The van der Waals surface area contributed by atoms with Crippen molar-refractivity contribution in [1.29, 1.82) is 0 Å². The third kappa shape index (κ3) is 2.16. The van der Waals surface area contributed by atoms with Crippen molar-refractivity contribution in [3.63, 3.8) is 0 Å². The van der Waals surface area contributed by atoms with E-state index in [1.54, 1.807) is 0 Å². The number of nitrogens with zero attached hydrogens (tertiary/aromatic N) is 1. The highest BCUT2D eigenvalue weighted by Gasteiger charge is 2.25. The van der Waals surface area contributed by atoms with Crippen molar-refractivity contribution in [1.82, 2.24) is 5.16 Å². The summed E-state index contributed by atoms with van der Waals surface area (Å²) in [7, 11) is 0. The molecule has 0 spiro atoms. The predicted octanol–water partition coefficient (Wildman–Crippen LogP) is 4.54. The average Bonchev–Trinajstić information content (AvgIpc) is 2.71. The first-order valence-corrected chi connectivity index (χ1v) is 6.70. The van der Waals surface area contributed by atoms with Crippen LogP contribution in [0.4, 0.5) is 0 Å². The van der Waals surface area contributed by atoms with Crippen LogP contribution < -0.4 is 0 Å². The van der Waals surface area contributed by atoms with Gasteiger partial charge in [0, 0.05) is 11.5 Å². The largest absolute Gasteiger partial charge is 0.361 e. The van der Waals surface area contributed by atoms with Gasteiger partial charge in [-0.2, -0.15) is 0 Å². The molecule has 16 heavy (non-hydrogen) atoms. The van der Waals surface area contributed by atoms with E-state index in [0.29, 0.717) is 11.8 Å². The molecule has 2 nitrogen and oxygen atoms in total. The summed E-state index contributed by atoms with van der Waals surface area (Å²) in [5.74, 6) is 2.29. The summed E-state index contributed by atoms with van der Waals surface area (Å²) in [4.78, 5) is 0. The van der Waals surface area contributed by atoms with Crippen LogP contribution in [-0.4, -0.2) is 5.16 Å². The van der Waals surface area contributed by atoms with Gasteiger partial charge in [-0.15, -0.1) is 0 Å². The lowest BCUT2D eigenvalue weighted by atomic mass is 9.82. The van der Waals surface area contributed by atoms with Crippen LogP contribution in [0.15, 0.2) is 4.52 Å². The van der Waals surface area contributed by atoms with Gasteiger partial charge in [-0.1, -0.05) is 38.3 Å². The van der Waals surface area contributed by atoms with E-state index in [4.69, 9.17) is 4.52 Å². The van der Waals surface area contributed by atoms with Gasteiger partial charge >= 0.3 is 0 Å². The van der Waals surface area contributed by atoms with Gasteiger partial charge in [0.2, 0.25) is 0 Å². The maximum atomic E-state index is 5.42. The number of hydrogen-bond acceptors (Lipinski definition) is 2. The molecule has 1 aromatic rings. The number of aromatic nitrogens is 1. The van der Waals surface area contributed by atoms with E-state index >= 15 is 0 Å². The van der Waals surface area contributed by atoms with Crippen LogP contribution in [0.3, 0.4) is 0 Å². The minimum absolute atomic E-state index is 0.586. The summed E-state index contributed by atoms with van der Waals surface area (Å²) >= 11 is 0. The van der Waals surface area contributed by atoms with Gasteiger partial charge in [0.05, 0.1) is 5.69 Å². The summed E-state index contributed by atoms with van der Waals surface area (Å²) in [5, 5.41) is 4.33. The van der Waals surface area contributed by atoms with Crippen LogP contribution >= 0.6 is 0 Å². The van der Waals surface area contributed by atoms with Gasteiger partial charge < -0.3 is 4.52 Å². The Labute approximate surface area is 98.4 Å². The molecule has 1 aliphatic carbocycles. The van der Waals surface area contributed by atoms with E-state index in [0.717, 1.165) is 5.76 Å². The van der Waals surface area contributed by atoms with E-state index in [1.807, 2.05) is 0 Å². The first-order chi connectivity index (χ1) is 7.74. The van der Waals surface area contributed by atoms with Gasteiger partial charge in [-0.25, -0.2) is 0 Å². The maximum Gasteiger partial charge on any atom is 0.137 e. The highest BCUT2D eigenvalue weighted by molar-refractivity contribution is 5.29. The molecule has 1 aromatic heterocycles. The molecule has 0 amide bonds. The SMILES string of the molecule is CCC(C)c1c(C2CCCCC2)noc1C. The third-order valence-corrected chi connectivity index (χ3v) is 4.03. The Morgan fingerprint density at radius 2 is 2.00 bits per heavy atom. The quantitative estimate of drug-likeness (QED) is 0.748. The second-order valence-electron chi connectivity index (χ2n) is 5.18. The van der Waals surface area contributed by atoms with E-state index in [9.17, 15) is 0 Å². The summed E-state index contributed by atoms with van der Waals surface area (Å²) in [6.45, 7) is 6.58. The summed E-state index contributed by atoms with van der Waals surface area (Å²) in [6, 6.07) is 0. The monoisotopic (exact) mass is 221 g/mol. The molecule has 2 heteroatoms. The summed E-state index contributed by atoms with van der Waals surface area (Å²) in [6.07, 6.45) is 7.88. The molecule has 0 N–H and O–H groups in total. The number of rotatable bonds is 3. The molecule has 0 radical (unpaired) electrons. The Morgan fingerprint density at radius 1 is 1.31 bits per heavy atom. The van der Waals surface area contributed by atoms with E-state index in [-0.39, 0.29) is 0 Å². The van der Waals surface area contributed by atoms with Crippen LogP contribution in [0.1, 0.15) is 81.2 Å². The van der Waals surface area contributed by atoms with E-state index in [1.165, 1.54) is 49.8 Å². The van der Waals surface area contributed by atoms with Crippen molar-refractivity contribution in [2.75, 3.05) is 0 Å². The Balaban J connectivity index is 2.25. The fourth-order valence-electron chi connectivity index (χ4n) is 2.87. The van der Waals surface area contributed by atoms with Crippen LogP contribution in [-0.2, 0) is 0 Å². The summed E-state index contributed by atoms with van der Waals surface area (Å²) in [5.41, 5.74) is 2.67. The highest BCUT2D eigenvalue weighted by Crippen LogP contribution is 2.37. The zero-order valence-electron chi connectivity index (χ0n) is 10.8. The molecule has 0 bridgehead atoms. The standard InChI is InChI=1S/C14H23NO/c1-4-10(2)13-11(3)16-15-14(13)12-8-6-5-7-9-12/h10,12H,4-9H2,1-3H3. The van der Waals surface area contributed by atoms with Gasteiger partial charge in [0.25, 0.3) is 0 Å². The minimum atomic E-state index is 0.586. The number of hydrogen-bond donors (Lipinski definition) is 0. The molecule has 1 aliphatic rings. The first-order valence-electron chi connectivity index (χ1n) is 6.70. The number of aryl methyl sites for hydroxylation is 1. The molecule has 2 rings (SSSR count). The minimum Gasteiger partial charge on any atom is -0.361 e. The molecular formula is C14H23NO. The van der Waals surface area contributed by atoms with Crippen molar-refractivity contribution in [2.45, 2.75) is 71.1 Å². The van der Waals surface area contributed by atoms with Crippen molar-refractivity contribution in [2.24, 2.45) is 0 Å². The molecule has 0 aliphatic heterocycles. The average molecular weight is 221 g/mol. The van der Waals surface area contributed by atoms with E-state index in [2.05, 4.69) is 25.9 Å². The summed E-state index contributed by atoms with van der Waals surface area (Å²) < 4.78 is 5.42. The van der Waals surface area contributed by atoms with Crippen molar-refractivity contribution < 1.29 is 4.52 Å². The second kappa shape index (κ2) is 5.03. The fraction of sp³-hybridized carbons (Fsp3) is 0.786. The lowest BCUT2D eigenvalue weighted by Crippen LogP contribution is -2.08. The van der Waals surface area contributed by atoms with Gasteiger partial charge in [-0.3, -0.25) is 0 Å². The lowest BCUT2D eigenvalue weighted by molar-refractivity contribution is 0.367. The lowest BCUT2D eigenvalue weighted by Gasteiger charge is -2.21. The first kappa shape index (κ1) is 11.7. The van der Waals surface area contributed by atoms with Crippen molar-refractivity contribution >= 4 is 0 Å². The molecule has 1 atom stereocenters. The molecular weight excluding hydrogens is 198 g/mol. The molecule has 90 valence electrons. The normalized spacial score (nSPS) is 19.9. The highest BCUT2D eigenvalue weighted by atomic mass is 16.5. The maximum absolute atomic E-state index is 5.42. The molecule has 0 saturated heterocycles. The second-order valence-corrected chi connectivity index (χ2v) is 5.18. The van der Waals surface area contributed by atoms with Crippen LogP contribution in [0.5, 0.6) is 0 Å².